The Kier molecular flexibility index (Phi) is 5.17. The lowest BCUT2D eigenvalue weighted by Crippen LogP contribution is -2.29. The lowest BCUT2D eigenvalue weighted by Gasteiger charge is -2.28. The van der Waals surface area contributed by atoms with Crippen LogP contribution in [0.3, 0.4) is 0 Å². The maximum absolute atomic E-state index is 14.5. The zero-order chi connectivity index (χ0) is 16.9. The minimum atomic E-state index is -0.306. The Bertz CT molecular complexity index is 784. The highest BCUT2D eigenvalue weighted by Crippen LogP contribution is 2.25. The van der Waals surface area contributed by atoms with Gasteiger partial charge >= 0.3 is 0 Å². The smallest absolute Gasteiger partial charge is 0.132 e. The molecule has 0 atom stereocenters. The molecule has 1 fully saturated rings. The predicted molar refractivity (Wildman–Crippen MR) is 97.4 cm³/mol. The summed E-state index contributed by atoms with van der Waals surface area (Å²) in [5.41, 5.74) is 2.47. The van der Waals surface area contributed by atoms with Gasteiger partial charge < -0.3 is 4.90 Å². The lowest BCUT2D eigenvalue weighted by molar-refractivity contribution is 0.574. The van der Waals surface area contributed by atoms with Crippen LogP contribution in [0.2, 0.25) is 5.02 Å². The predicted octanol–water partition coefficient (Wildman–Crippen LogP) is 5.53. The second-order valence-electron chi connectivity index (χ2n) is 5.93. The van der Waals surface area contributed by atoms with Crippen molar-refractivity contribution in [3.63, 3.8) is 0 Å². The third-order valence-corrected chi connectivity index (χ3v) is 4.53. The number of anilines is 1. The summed E-state index contributed by atoms with van der Waals surface area (Å²) in [6, 6.07) is 14.3. The first-order valence-corrected chi connectivity index (χ1v) is 8.47. The molecule has 122 valence electrons. The number of halogens is 2. The quantitative estimate of drug-likeness (QED) is 0.542. The molecule has 0 radical (unpaired) electrons. The second-order valence-corrected chi connectivity index (χ2v) is 6.37. The van der Waals surface area contributed by atoms with Gasteiger partial charge in [-0.1, -0.05) is 23.7 Å². The molecule has 0 spiro atoms. The van der Waals surface area contributed by atoms with Crippen molar-refractivity contribution in [1.82, 2.24) is 0 Å². The molecule has 2 nitrogen and oxygen atoms in total. The highest BCUT2D eigenvalue weighted by molar-refractivity contribution is 6.30. The maximum Gasteiger partial charge on any atom is 0.132 e. The van der Waals surface area contributed by atoms with E-state index < -0.39 is 0 Å². The molecule has 1 aliphatic rings. The van der Waals surface area contributed by atoms with Crippen LogP contribution in [-0.4, -0.2) is 13.1 Å². The average Bonchev–Trinajstić information content (AvgIpc) is 2.62. The van der Waals surface area contributed by atoms with E-state index in [9.17, 15) is 9.65 Å². The molecule has 0 amide bonds. The Hall–Kier alpha value is -2.31. The first-order valence-electron chi connectivity index (χ1n) is 8.09. The van der Waals surface area contributed by atoms with Crippen LogP contribution in [-0.2, 0) is 0 Å². The summed E-state index contributed by atoms with van der Waals surface area (Å²) in [7, 11) is 0. The fourth-order valence-corrected chi connectivity index (χ4v) is 3.07. The summed E-state index contributed by atoms with van der Waals surface area (Å²) < 4.78 is 14.5. The molecule has 0 bridgehead atoms. The molecule has 2 aromatic rings. The Labute approximate surface area is 146 Å². The van der Waals surface area contributed by atoms with Crippen LogP contribution >= 0.6 is 11.6 Å². The molecule has 1 aliphatic heterocycles. The topological polar surface area (TPSA) is 27.0 Å². The summed E-state index contributed by atoms with van der Waals surface area (Å²) in [6.07, 6.45) is 5.13. The molecule has 1 saturated heterocycles. The average molecular weight is 341 g/mol. The van der Waals surface area contributed by atoms with E-state index in [2.05, 4.69) is 11.0 Å². The standard InChI is InChI=1S/C20H18ClFN2/c21-18-7-4-15(5-8-18)17(14-23)12-16-6-9-19(13-20(16)22)24-10-2-1-3-11-24/h4-9,12-13H,1-3,10-11H2/b17-12-. The van der Waals surface area contributed by atoms with Crippen molar-refractivity contribution in [1.29, 1.82) is 5.26 Å². The molecule has 2 aromatic carbocycles. The first-order chi connectivity index (χ1) is 11.7. The minimum absolute atomic E-state index is 0.306. The van der Waals surface area contributed by atoms with E-state index in [1.165, 1.54) is 6.42 Å². The number of rotatable bonds is 3. The number of nitriles is 1. The van der Waals surface area contributed by atoms with Crippen molar-refractivity contribution >= 4 is 28.9 Å². The highest BCUT2D eigenvalue weighted by atomic mass is 35.5. The molecular formula is C20H18ClFN2. The van der Waals surface area contributed by atoms with Crippen molar-refractivity contribution in [3.8, 4) is 6.07 Å². The number of nitrogens with zero attached hydrogens (tertiary/aromatic N) is 2. The number of piperidine rings is 1. The van der Waals surface area contributed by atoms with E-state index in [1.807, 2.05) is 6.07 Å². The van der Waals surface area contributed by atoms with Gasteiger partial charge in [0.2, 0.25) is 0 Å². The van der Waals surface area contributed by atoms with Crippen LogP contribution in [0.1, 0.15) is 30.4 Å². The summed E-state index contributed by atoms with van der Waals surface area (Å²) in [4.78, 5) is 2.21. The molecule has 3 rings (SSSR count). The van der Waals surface area contributed by atoms with Crippen molar-refractivity contribution < 1.29 is 4.39 Å². The molecule has 0 aromatic heterocycles. The zero-order valence-electron chi connectivity index (χ0n) is 13.3. The summed E-state index contributed by atoms with van der Waals surface area (Å²) >= 11 is 5.87. The van der Waals surface area contributed by atoms with Crippen molar-refractivity contribution in [2.45, 2.75) is 19.3 Å². The number of benzene rings is 2. The lowest BCUT2D eigenvalue weighted by atomic mass is 10.0. The fraction of sp³-hybridized carbons (Fsp3) is 0.250. The number of hydrogen-bond donors (Lipinski definition) is 0. The largest absolute Gasteiger partial charge is 0.371 e. The van der Waals surface area contributed by atoms with E-state index >= 15 is 0 Å². The van der Waals surface area contributed by atoms with Gasteiger partial charge in [0, 0.05) is 29.4 Å². The van der Waals surface area contributed by atoms with Crippen LogP contribution < -0.4 is 4.90 Å². The van der Waals surface area contributed by atoms with Crippen LogP contribution in [0.5, 0.6) is 0 Å². The van der Waals surface area contributed by atoms with Gasteiger partial charge in [0.1, 0.15) is 5.82 Å². The zero-order valence-corrected chi connectivity index (χ0v) is 14.1. The molecule has 4 heteroatoms. The van der Waals surface area contributed by atoms with Gasteiger partial charge in [0.25, 0.3) is 0 Å². The van der Waals surface area contributed by atoms with Gasteiger partial charge in [-0.15, -0.1) is 0 Å². The van der Waals surface area contributed by atoms with Crippen LogP contribution in [0.4, 0.5) is 10.1 Å². The molecule has 0 N–H and O–H groups in total. The van der Waals surface area contributed by atoms with E-state index in [0.29, 0.717) is 16.2 Å². The number of hydrogen-bond acceptors (Lipinski definition) is 2. The first kappa shape index (κ1) is 16.5. The molecule has 1 heterocycles. The third kappa shape index (κ3) is 3.77. The molecule has 0 aliphatic carbocycles. The van der Waals surface area contributed by atoms with Crippen LogP contribution in [0.15, 0.2) is 42.5 Å². The normalized spacial score (nSPS) is 15.2. The number of allylic oxidation sites excluding steroid dienone is 1. The van der Waals surface area contributed by atoms with Gasteiger partial charge in [-0.05, 0) is 61.2 Å². The van der Waals surface area contributed by atoms with E-state index in [0.717, 1.165) is 37.2 Å². The van der Waals surface area contributed by atoms with E-state index in [-0.39, 0.29) is 5.82 Å². The van der Waals surface area contributed by atoms with Crippen LogP contribution in [0, 0.1) is 17.1 Å². The third-order valence-electron chi connectivity index (χ3n) is 4.28. The summed E-state index contributed by atoms with van der Waals surface area (Å²) in [6.45, 7) is 1.95. The second kappa shape index (κ2) is 7.51. The summed E-state index contributed by atoms with van der Waals surface area (Å²) in [5.74, 6) is -0.306. The molecular weight excluding hydrogens is 323 g/mol. The van der Waals surface area contributed by atoms with E-state index in [4.69, 9.17) is 11.6 Å². The Morgan fingerprint density at radius 2 is 1.79 bits per heavy atom. The summed E-state index contributed by atoms with van der Waals surface area (Å²) in [5, 5.41) is 9.98. The Morgan fingerprint density at radius 1 is 1.08 bits per heavy atom. The maximum atomic E-state index is 14.5. The Morgan fingerprint density at radius 3 is 2.42 bits per heavy atom. The molecule has 24 heavy (non-hydrogen) atoms. The van der Waals surface area contributed by atoms with Gasteiger partial charge in [0.15, 0.2) is 0 Å². The monoisotopic (exact) mass is 340 g/mol. The van der Waals surface area contributed by atoms with E-state index in [1.54, 1.807) is 42.5 Å². The molecule has 0 unspecified atom stereocenters. The van der Waals surface area contributed by atoms with Gasteiger partial charge in [-0.2, -0.15) is 5.26 Å². The minimum Gasteiger partial charge on any atom is -0.371 e. The highest BCUT2D eigenvalue weighted by Gasteiger charge is 2.13. The van der Waals surface area contributed by atoms with Crippen molar-refractivity contribution in [2.24, 2.45) is 0 Å². The van der Waals surface area contributed by atoms with Crippen LogP contribution in [0.25, 0.3) is 11.6 Å². The molecule has 0 saturated carbocycles. The Balaban J connectivity index is 1.88. The van der Waals surface area contributed by atoms with Gasteiger partial charge in [-0.3, -0.25) is 0 Å². The van der Waals surface area contributed by atoms with Gasteiger partial charge in [0.05, 0.1) is 11.6 Å². The fourth-order valence-electron chi connectivity index (χ4n) is 2.95. The van der Waals surface area contributed by atoms with Crippen molar-refractivity contribution in [2.75, 3.05) is 18.0 Å². The van der Waals surface area contributed by atoms with Gasteiger partial charge in [-0.25, -0.2) is 4.39 Å². The van der Waals surface area contributed by atoms with Crippen molar-refractivity contribution in [3.05, 3.63) is 64.4 Å². The SMILES string of the molecule is N#C/C(=C/c1ccc(N2CCCCC2)cc1F)c1ccc(Cl)cc1.